The highest BCUT2D eigenvalue weighted by Gasteiger charge is 2.47. The van der Waals surface area contributed by atoms with Crippen molar-refractivity contribution < 1.29 is 27.3 Å². The Balaban J connectivity index is 1.46. The molecule has 0 saturated carbocycles. The van der Waals surface area contributed by atoms with Gasteiger partial charge >= 0.3 is 0 Å². The zero-order valence-electron chi connectivity index (χ0n) is 15.6. The van der Waals surface area contributed by atoms with Crippen LogP contribution in [0.3, 0.4) is 0 Å². The van der Waals surface area contributed by atoms with Crippen LogP contribution in [-0.2, 0) is 19.6 Å². The van der Waals surface area contributed by atoms with Crippen LogP contribution < -0.4 is 9.80 Å². The van der Waals surface area contributed by atoms with Gasteiger partial charge in [0, 0.05) is 0 Å². The van der Waals surface area contributed by atoms with Gasteiger partial charge in [-0.05, 0) is 24.3 Å². The van der Waals surface area contributed by atoms with E-state index in [2.05, 4.69) is 0 Å². The van der Waals surface area contributed by atoms with Crippen LogP contribution >= 0.6 is 0 Å². The lowest BCUT2D eigenvalue weighted by Gasteiger charge is -2.33. The third-order valence-electron chi connectivity index (χ3n) is 5.48. The number of hydrogen-bond donors (Lipinski definition) is 1. The fourth-order valence-electron chi connectivity index (χ4n) is 3.94. The molecule has 2 fully saturated rings. The first-order valence-electron chi connectivity index (χ1n) is 9.40. The lowest BCUT2D eigenvalue weighted by molar-refractivity contribution is -0.918. The SMILES string of the molecule is O=C1C[C@@H]([NH+]2CCN(S(=O)(=O)c3ccccc3)CC2)C(=O)N1c1ccccc1F. The fraction of sp³-hybridized carbons (Fsp3) is 0.300. The number of quaternary nitrogens is 1. The summed E-state index contributed by atoms with van der Waals surface area (Å²) in [7, 11) is -3.58. The lowest BCUT2D eigenvalue weighted by Crippen LogP contribution is -3.19. The predicted octanol–water partition coefficient (Wildman–Crippen LogP) is 0.0470. The second-order valence-corrected chi connectivity index (χ2v) is 9.09. The van der Waals surface area contributed by atoms with Crippen LogP contribution in [0, 0.1) is 5.82 Å². The Hall–Kier alpha value is -2.62. The van der Waals surface area contributed by atoms with E-state index in [1.807, 2.05) is 0 Å². The van der Waals surface area contributed by atoms with E-state index in [0.717, 1.165) is 9.80 Å². The first-order valence-corrected chi connectivity index (χ1v) is 10.8. The van der Waals surface area contributed by atoms with Crippen molar-refractivity contribution in [1.29, 1.82) is 0 Å². The van der Waals surface area contributed by atoms with Crippen LogP contribution in [0.1, 0.15) is 6.42 Å². The summed E-state index contributed by atoms with van der Waals surface area (Å²) >= 11 is 0. The fourth-order valence-corrected chi connectivity index (χ4v) is 5.40. The quantitative estimate of drug-likeness (QED) is 0.712. The van der Waals surface area contributed by atoms with Crippen LogP contribution in [0.4, 0.5) is 10.1 Å². The number of halogens is 1. The van der Waals surface area contributed by atoms with Crippen molar-refractivity contribution in [3.05, 3.63) is 60.4 Å². The van der Waals surface area contributed by atoms with Crippen molar-refractivity contribution in [2.75, 3.05) is 31.1 Å². The van der Waals surface area contributed by atoms with Gasteiger partial charge in [-0.2, -0.15) is 4.31 Å². The van der Waals surface area contributed by atoms with Crippen LogP contribution in [0.5, 0.6) is 0 Å². The Labute approximate surface area is 168 Å². The number of rotatable bonds is 4. The smallest absolute Gasteiger partial charge is 0.292 e. The molecule has 0 unspecified atom stereocenters. The van der Waals surface area contributed by atoms with E-state index in [1.165, 1.54) is 22.5 Å². The summed E-state index contributed by atoms with van der Waals surface area (Å²) in [6.45, 7) is 1.32. The highest BCUT2D eigenvalue weighted by molar-refractivity contribution is 7.89. The molecular formula is C20H21FN3O4S+. The normalized spacial score (nSPS) is 21.7. The van der Waals surface area contributed by atoms with Gasteiger partial charge in [-0.15, -0.1) is 0 Å². The number of carbonyl (C=O) groups is 2. The molecule has 2 heterocycles. The molecule has 29 heavy (non-hydrogen) atoms. The monoisotopic (exact) mass is 418 g/mol. The van der Waals surface area contributed by atoms with E-state index in [9.17, 15) is 22.4 Å². The maximum Gasteiger partial charge on any atom is 0.292 e. The van der Waals surface area contributed by atoms with E-state index in [4.69, 9.17) is 0 Å². The second kappa shape index (κ2) is 7.66. The lowest BCUT2D eigenvalue weighted by atomic mass is 10.2. The van der Waals surface area contributed by atoms with Crippen LogP contribution in [0.25, 0.3) is 0 Å². The van der Waals surface area contributed by atoms with Crippen molar-refractivity contribution in [3.63, 3.8) is 0 Å². The maximum atomic E-state index is 14.1. The number of benzene rings is 2. The van der Waals surface area contributed by atoms with Crippen molar-refractivity contribution in [2.45, 2.75) is 17.4 Å². The molecule has 1 atom stereocenters. The Morgan fingerprint density at radius 2 is 1.55 bits per heavy atom. The molecule has 0 aromatic heterocycles. The maximum absolute atomic E-state index is 14.1. The van der Waals surface area contributed by atoms with Gasteiger partial charge in [-0.25, -0.2) is 17.7 Å². The highest BCUT2D eigenvalue weighted by Crippen LogP contribution is 2.25. The number of amides is 2. The van der Waals surface area contributed by atoms with Gasteiger partial charge in [-0.1, -0.05) is 30.3 Å². The molecule has 2 aromatic carbocycles. The van der Waals surface area contributed by atoms with Crippen molar-refractivity contribution in [1.82, 2.24) is 4.31 Å². The molecule has 7 nitrogen and oxygen atoms in total. The molecule has 2 aliphatic heterocycles. The summed E-state index contributed by atoms with van der Waals surface area (Å²) in [4.78, 5) is 27.3. The van der Waals surface area contributed by atoms with E-state index < -0.39 is 33.7 Å². The van der Waals surface area contributed by atoms with E-state index in [0.29, 0.717) is 13.1 Å². The van der Waals surface area contributed by atoms with Gasteiger partial charge in [0.25, 0.3) is 5.91 Å². The Kier molecular flexibility index (Phi) is 5.20. The summed E-state index contributed by atoms with van der Waals surface area (Å²) in [5.74, 6) is -1.49. The molecule has 9 heteroatoms. The van der Waals surface area contributed by atoms with Crippen LogP contribution in [0.15, 0.2) is 59.5 Å². The molecule has 4 rings (SSSR count). The molecule has 152 valence electrons. The number of nitrogens with one attached hydrogen (secondary N) is 1. The number of imide groups is 1. The van der Waals surface area contributed by atoms with E-state index in [1.54, 1.807) is 36.4 Å². The van der Waals surface area contributed by atoms with E-state index in [-0.39, 0.29) is 30.1 Å². The molecule has 0 aliphatic carbocycles. The molecule has 0 radical (unpaired) electrons. The summed E-state index contributed by atoms with van der Waals surface area (Å²) in [5, 5.41) is 0. The zero-order valence-corrected chi connectivity index (χ0v) is 16.4. The Morgan fingerprint density at radius 1 is 0.931 bits per heavy atom. The predicted molar refractivity (Wildman–Crippen MR) is 103 cm³/mol. The number of para-hydroxylation sites is 1. The number of piperazine rings is 1. The van der Waals surface area contributed by atoms with E-state index >= 15 is 0 Å². The van der Waals surface area contributed by atoms with Crippen molar-refractivity contribution >= 4 is 27.5 Å². The summed E-state index contributed by atoms with van der Waals surface area (Å²) in [5.41, 5.74) is -0.0327. The van der Waals surface area contributed by atoms with Gasteiger partial charge in [0.2, 0.25) is 15.9 Å². The first kappa shape index (κ1) is 19.7. The molecule has 2 amide bonds. The van der Waals surface area contributed by atoms with Gasteiger partial charge in [-0.3, -0.25) is 9.59 Å². The van der Waals surface area contributed by atoms with Crippen molar-refractivity contribution in [3.8, 4) is 0 Å². The third kappa shape index (κ3) is 3.57. The van der Waals surface area contributed by atoms with Gasteiger partial charge in [0.1, 0.15) is 5.82 Å². The average molecular weight is 418 g/mol. The third-order valence-corrected chi connectivity index (χ3v) is 7.39. The molecule has 1 N–H and O–H groups in total. The average Bonchev–Trinajstić information content (AvgIpc) is 3.03. The van der Waals surface area contributed by atoms with Crippen LogP contribution in [-0.4, -0.2) is 56.8 Å². The topological polar surface area (TPSA) is 79.2 Å². The molecule has 2 aliphatic rings. The number of carbonyl (C=O) groups excluding carboxylic acids is 2. The van der Waals surface area contributed by atoms with Gasteiger partial charge < -0.3 is 4.90 Å². The molecule has 2 aromatic rings. The molecule has 0 bridgehead atoms. The summed E-state index contributed by atoms with van der Waals surface area (Å²) < 4.78 is 41.0. The molecule has 0 spiro atoms. The van der Waals surface area contributed by atoms with Crippen molar-refractivity contribution in [2.24, 2.45) is 0 Å². The minimum Gasteiger partial charge on any atom is -0.322 e. The summed E-state index contributed by atoms with van der Waals surface area (Å²) in [6, 6.07) is 13.3. The zero-order chi connectivity index (χ0) is 20.6. The standard InChI is InChI=1S/C20H20FN3O4S/c21-16-8-4-5-9-17(16)24-19(25)14-18(20(24)26)22-10-12-23(13-11-22)29(27,28)15-6-2-1-3-7-15/h1-9,18H,10-14H2/p+1/t18-/m1/s1. The second-order valence-electron chi connectivity index (χ2n) is 7.15. The van der Waals surface area contributed by atoms with Crippen LogP contribution in [0.2, 0.25) is 0 Å². The first-order chi connectivity index (χ1) is 13.9. The largest absolute Gasteiger partial charge is 0.322 e. The Bertz CT molecular complexity index is 1040. The number of hydrogen-bond acceptors (Lipinski definition) is 4. The minimum atomic E-state index is -3.58. The molecule has 2 saturated heterocycles. The molecular weight excluding hydrogens is 397 g/mol. The number of anilines is 1. The minimum absolute atomic E-state index is 0.00602. The highest BCUT2D eigenvalue weighted by atomic mass is 32.2. The number of nitrogens with zero attached hydrogens (tertiary/aromatic N) is 2. The Morgan fingerprint density at radius 3 is 2.21 bits per heavy atom. The van der Waals surface area contributed by atoms with Gasteiger partial charge in [0.05, 0.1) is 43.2 Å². The van der Waals surface area contributed by atoms with Gasteiger partial charge in [0.15, 0.2) is 6.04 Å². The summed E-state index contributed by atoms with van der Waals surface area (Å²) in [6.07, 6.45) is -0.00602. The number of sulfonamides is 1.